The first-order chi connectivity index (χ1) is 6.29. The normalized spacial score (nSPS) is 14.8. The molecule has 2 nitrogen and oxygen atoms in total. The molecule has 0 atom stereocenters. The molecule has 64 valence electrons. The maximum Gasteiger partial charge on any atom is 0.217 e. The fourth-order valence-electron chi connectivity index (χ4n) is 1.13. The molecule has 3 heteroatoms. The van der Waals surface area contributed by atoms with Crippen molar-refractivity contribution in [3.8, 4) is 0 Å². The number of halogens is 1. The predicted molar refractivity (Wildman–Crippen MR) is 62.0 cm³/mol. The SMILES string of the molecule is N=C1I=C=Cc2ccccc2C1=O. The van der Waals surface area contributed by atoms with Crippen LogP contribution in [0, 0.1) is 5.41 Å². The van der Waals surface area contributed by atoms with Crippen LogP contribution in [0.1, 0.15) is 15.9 Å². The van der Waals surface area contributed by atoms with Crippen molar-refractivity contribution in [2.75, 3.05) is 0 Å². The van der Waals surface area contributed by atoms with Gasteiger partial charge in [0.25, 0.3) is 0 Å². The first-order valence-electron chi connectivity index (χ1n) is 3.74. The van der Waals surface area contributed by atoms with Crippen LogP contribution in [0.15, 0.2) is 24.3 Å². The minimum atomic E-state index is -0.636. The van der Waals surface area contributed by atoms with Gasteiger partial charge in [-0.3, -0.25) is 10.2 Å². The Morgan fingerprint density at radius 2 is 2.08 bits per heavy atom. The van der Waals surface area contributed by atoms with Gasteiger partial charge in [0.2, 0.25) is 5.78 Å². The van der Waals surface area contributed by atoms with Crippen molar-refractivity contribution >= 4 is 40.0 Å². The van der Waals surface area contributed by atoms with Crippen LogP contribution in [0.4, 0.5) is 0 Å². The summed E-state index contributed by atoms with van der Waals surface area (Å²) in [6.07, 6.45) is 1.82. The molecule has 0 spiro atoms. The molecule has 0 bridgehead atoms. The van der Waals surface area contributed by atoms with E-state index in [0.717, 1.165) is 5.56 Å². The number of ketones is 1. The molecular formula is C10H6INO. The van der Waals surface area contributed by atoms with Crippen LogP contribution < -0.4 is 0 Å². The van der Waals surface area contributed by atoms with E-state index in [1.165, 1.54) is 0 Å². The first kappa shape index (κ1) is 8.53. The maximum atomic E-state index is 11.6. The third kappa shape index (κ3) is 1.53. The third-order valence-electron chi connectivity index (χ3n) is 1.76. The highest BCUT2D eigenvalue weighted by molar-refractivity contribution is 14.2. The molecule has 0 radical (unpaired) electrons. The van der Waals surface area contributed by atoms with E-state index in [1.807, 2.05) is 24.3 Å². The Bertz CT molecular complexity index is 456. The van der Waals surface area contributed by atoms with Crippen LogP contribution in [0.5, 0.6) is 0 Å². The topological polar surface area (TPSA) is 40.9 Å². The van der Waals surface area contributed by atoms with E-state index in [1.54, 1.807) is 6.07 Å². The number of Topliss-reactive ketones (excluding diaryl/α,β-unsaturated/α-hetero) is 1. The van der Waals surface area contributed by atoms with E-state index in [9.17, 15) is 4.79 Å². The van der Waals surface area contributed by atoms with Gasteiger partial charge in [0.05, 0.1) is 0 Å². The second-order valence-corrected chi connectivity index (χ2v) is 4.82. The quantitative estimate of drug-likeness (QED) is 0.729. The summed E-state index contributed by atoms with van der Waals surface area (Å²) in [4.78, 5) is 11.6. The summed E-state index contributed by atoms with van der Waals surface area (Å²) in [6.45, 7) is 0. The summed E-state index contributed by atoms with van der Waals surface area (Å²) >= 11 is -0.636. The third-order valence-corrected chi connectivity index (χ3v) is 3.42. The number of rotatable bonds is 0. The van der Waals surface area contributed by atoms with Gasteiger partial charge in [0, 0.05) is 5.56 Å². The molecule has 0 saturated carbocycles. The lowest BCUT2D eigenvalue weighted by Crippen LogP contribution is -2.07. The van der Waals surface area contributed by atoms with Gasteiger partial charge in [-0.2, -0.15) is 0 Å². The van der Waals surface area contributed by atoms with E-state index in [4.69, 9.17) is 5.41 Å². The smallest absolute Gasteiger partial charge is 0.217 e. The Morgan fingerprint density at radius 1 is 1.31 bits per heavy atom. The largest absolute Gasteiger partial charge is 0.291 e. The molecule has 0 fully saturated rings. The van der Waals surface area contributed by atoms with Gasteiger partial charge in [-0.15, -0.1) is 0 Å². The highest BCUT2D eigenvalue weighted by Crippen LogP contribution is 2.17. The number of carbonyl (C=O) groups is 1. The molecule has 1 aliphatic rings. The number of benzene rings is 1. The summed E-state index contributed by atoms with van der Waals surface area (Å²) in [5, 5.41) is 7.48. The van der Waals surface area contributed by atoms with Crippen LogP contribution in [0.2, 0.25) is 0 Å². The van der Waals surface area contributed by atoms with Crippen LogP contribution in [-0.4, -0.2) is 13.2 Å². The van der Waals surface area contributed by atoms with Gasteiger partial charge < -0.3 is 0 Å². The number of nitrogens with one attached hydrogen (secondary N) is 1. The van der Waals surface area contributed by atoms with Gasteiger partial charge in [-0.05, 0) is 32.4 Å². The number of hydrogen-bond donors (Lipinski definition) is 1. The van der Waals surface area contributed by atoms with Crippen molar-refractivity contribution < 1.29 is 4.79 Å². The van der Waals surface area contributed by atoms with Gasteiger partial charge in [-0.1, -0.05) is 27.9 Å². The van der Waals surface area contributed by atoms with Crippen LogP contribution >= 0.6 is 20.7 Å². The summed E-state index contributed by atoms with van der Waals surface area (Å²) in [5.74, 6) is -0.135. The van der Waals surface area contributed by atoms with Gasteiger partial charge in [0.15, 0.2) is 0 Å². The second kappa shape index (κ2) is 3.36. The van der Waals surface area contributed by atoms with Crippen molar-refractivity contribution in [3.05, 3.63) is 35.4 Å². The minimum absolute atomic E-state index is 0.135. The molecule has 1 aliphatic heterocycles. The second-order valence-electron chi connectivity index (χ2n) is 2.58. The molecule has 0 unspecified atom stereocenters. The Labute approximate surface area is 85.5 Å². The minimum Gasteiger partial charge on any atom is -0.291 e. The molecule has 1 heterocycles. The van der Waals surface area contributed by atoms with Gasteiger partial charge in [-0.25, -0.2) is 0 Å². The van der Waals surface area contributed by atoms with Crippen molar-refractivity contribution in [2.24, 2.45) is 0 Å². The lowest BCUT2D eigenvalue weighted by atomic mass is 10.0. The zero-order valence-corrected chi connectivity index (χ0v) is 8.83. The van der Waals surface area contributed by atoms with Gasteiger partial charge in [0.1, 0.15) is 3.72 Å². The van der Waals surface area contributed by atoms with Gasteiger partial charge >= 0.3 is 0 Å². The van der Waals surface area contributed by atoms with Crippen molar-refractivity contribution in [1.82, 2.24) is 0 Å². The fourth-order valence-corrected chi connectivity index (χ4v) is 2.47. The molecule has 0 amide bonds. The van der Waals surface area contributed by atoms with E-state index in [-0.39, 0.29) is 9.50 Å². The van der Waals surface area contributed by atoms with Crippen LogP contribution in [0.3, 0.4) is 0 Å². The zero-order chi connectivity index (χ0) is 9.26. The molecule has 1 N–H and O–H groups in total. The summed E-state index contributed by atoms with van der Waals surface area (Å²) in [7, 11) is 0. The number of fused-ring (bicyclic) bond motifs is 1. The summed E-state index contributed by atoms with van der Waals surface area (Å²) < 4.78 is 3.25. The Morgan fingerprint density at radius 3 is 2.92 bits per heavy atom. The lowest BCUT2D eigenvalue weighted by molar-refractivity contribution is 0.106. The number of hydrogen-bond acceptors (Lipinski definition) is 2. The van der Waals surface area contributed by atoms with Crippen molar-refractivity contribution in [3.63, 3.8) is 0 Å². The Kier molecular flexibility index (Phi) is 2.20. The first-order valence-corrected chi connectivity index (χ1v) is 5.89. The highest BCUT2D eigenvalue weighted by atomic mass is 127. The van der Waals surface area contributed by atoms with E-state index in [0.29, 0.717) is 5.56 Å². The van der Waals surface area contributed by atoms with E-state index >= 15 is 0 Å². The standard InChI is InChI=1S/C10H6INO/c12-10-9(13)8-4-2-1-3-7(8)5-6-11-10/h1-5,12H. The highest BCUT2D eigenvalue weighted by Gasteiger charge is 2.14. The zero-order valence-electron chi connectivity index (χ0n) is 6.67. The molecule has 13 heavy (non-hydrogen) atoms. The van der Waals surface area contributed by atoms with Crippen LogP contribution in [0.25, 0.3) is 6.08 Å². The molecule has 2 rings (SSSR count). The summed E-state index contributed by atoms with van der Waals surface area (Å²) in [6, 6.07) is 7.35. The molecule has 1 aromatic rings. The van der Waals surface area contributed by atoms with Crippen molar-refractivity contribution in [2.45, 2.75) is 0 Å². The van der Waals surface area contributed by atoms with E-state index in [2.05, 4.69) is 3.67 Å². The average molecular weight is 283 g/mol. The maximum absolute atomic E-state index is 11.6. The van der Waals surface area contributed by atoms with E-state index < -0.39 is 20.7 Å². The van der Waals surface area contributed by atoms with Crippen molar-refractivity contribution in [1.29, 1.82) is 5.41 Å². The van der Waals surface area contributed by atoms with Crippen LogP contribution in [-0.2, 0) is 0 Å². The lowest BCUT2D eigenvalue weighted by Gasteiger charge is -1.99. The molecule has 0 aromatic heterocycles. The molecule has 0 saturated heterocycles. The molecular weight excluding hydrogens is 277 g/mol. The molecule has 1 aromatic carbocycles. The average Bonchev–Trinajstić information content (AvgIpc) is 2.29. The molecule has 0 aliphatic carbocycles. The Hall–Kier alpha value is -1.06. The monoisotopic (exact) mass is 283 g/mol. The fraction of sp³-hybridized carbons (Fsp3) is 0. The predicted octanol–water partition coefficient (Wildman–Crippen LogP) is 2.25. The number of carbonyl (C=O) groups excluding carboxylic acids is 1. The Balaban J connectivity index is 2.71. The summed E-state index contributed by atoms with van der Waals surface area (Å²) in [5.41, 5.74) is 1.52.